The highest BCUT2D eigenvalue weighted by molar-refractivity contribution is 6.00. The van der Waals surface area contributed by atoms with Crippen molar-refractivity contribution in [3.8, 4) is 11.5 Å². The van der Waals surface area contributed by atoms with Crippen molar-refractivity contribution in [1.82, 2.24) is 9.88 Å². The Hall–Kier alpha value is -2.21. The van der Waals surface area contributed by atoms with Gasteiger partial charge in [0.2, 0.25) is 0 Å². The molecule has 1 amide bonds. The minimum Gasteiger partial charge on any atom is -0.497 e. The fourth-order valence-corrected chi connectivity index (χ4v) is 3.09. The molecule has 1 aliphatic heterocycles. The van der Waals surface area contributed by atoms with Gasteiger partial charge in [-0.2, -0.15) is 0 Å². The second-order valence-corrected chi connectivity index (χ2v) is 5.94. The Morgan fingerprint density at radius 2 is 1.87 bits per heavy atom. The van der Waals surface area contributed by atoms with Crippen LogP contribution < -0.4 is 9.47 Å². The molecule has 0 unspecified atom stereocenters. The van der Waals surface area contributed by atoms with E-state index in [0.717, 1.165) is 10.9 Å². The van der Waals surface area contributed by atoms with Crippen LogP contribution in [0.2, 0.25) is 0 Å². The van der Waals surface area contributed by atoms with Gasteiger partial charge < -0.3 is 24.1 Å². The van der Waals surface area contributed by atoms with Crippen LogP contribution >= 0.6 is 0 Å². The third-order valence-corrected chi connectivity index (χ3v) is 4.06. The number of H-pyrrole nitrogens is 1. The highest BCUT2D eigenvalue weighted by atomic mass is 16.5. The van der Waals surface area contributed by atoms with E-state index in [2.05, 4.69) is 4.98 Å². The first kappa shape index (κ1) is 15.7. The van der Waals surface area contributed by atoms with E-state index in [9.17, 15) is 4.79 Å². The summed E-state index contributed by atoms with van der Waals surface area (Å²) in [4.78, 5) is 17.8. The number of nitrogens with zero attached hydrogens (tertiary/aromatic N) is 1. The Morgan fingerprint density at radius 1 is 1.17 bits per heavy atom. The second kappa shape index (κ2) is 6.12. The van der Waals surface area contributed by atoms with E-state index in [4.69, 9.17) is 14.2 Å². The average molecular weight is 318 g/mol. The topological polar surface area (TPSA) is 63.8 Å². The number of amides is 1. The molecule has 1 aliphatic rings. The molecule has 0 radical (unpaired) electrons. The summed E-state index contributed by atoms with van der Waals surface area (Å²) in [6.07, 6.45) is 0.0865. The fourth-order valence-electron chi connectivity index (χ4n) is 3.09. The standard InChI is InChI=1S/C17H22N2O4/c1-10-8-19(9-11(2)23-10)17(20)14-6-12-5-13(21-3)7-15(22-4)16(12)18-14/h5-7,10-11,18H,8-9H2,1-4H3/t10-,11-/m1/s1. The van der Waals surface area contributed by atoms with Gasteiger partial charge in [-0.3, -0.25) is 4.79 Å². The maximum atomic E-state index is 12.8. The van der Waals surface area contributed by atoms with Crippen molar-refractivity contribution in [1.29, 1.82) is 0 Å². The number of carbonyl (C=O) groups is 1. The number of rotatable bonds is 3. The molecule has 2 atom stereocenters. The molecular weight excluding hydrogens is 296 g/mol. The summed E-state index contributed by atoms with van der Waals surface area (Å²) in [5.74, 6) is 1.33. The minimum absolute atomic E-state index is 0.0239. The zero-order chi connectivity index (χ0) is 16.6. The lowest BCUT2D eigenvalue weighted by molar-refractivity contribution is -0.0587. The van der Waals surface area contributed by atoms with Gasteiger partial charge in [-0.1, -0.05) is 0 Å². The van der Waals surface area contributed by atoms with Crippen LogP contribution in [0.1, 0.15) is 24.3 Å². The van der Waals surface area contributed by atoms with Crippen LogP contribution in [0.25, 0.3) is 10.9 Å². The number of hydrogen-bond acceptors (Lipinski definition) is 4. The number of ether oxygens (including phenoxy) is 3. The van der Waals surface area contributed by atoms with Crippen molar-refractivity contribution in [2.45, 2.75) is 26.1 Å². The quantitative estimate of drug-likeness (QED) is 0.944. The van der Waals surface area contributed by atoms with Gasteiger partial charge in [-0.25, -0.2) is 0 Å². The number of aromatic nitrogens is 1. The first-order chi connectivity index (χ1) is 11.0. The van der Waals surface area contributed by atoms with Crippen molar-refractivity contribution in [2.24, 2.45) is 0 Å². The largest absolute Gasteiger partial charge is 0.497 e. The molecule has 2 heterocycles. The number of carbonyl (C=O) groups excluding carboxylic acids is 1. The molecule has 23 heavy (non-hydrogen) atoms. The zero-order valence-corrected chi connectivity index (χ0v) is 13.9. The molecule has 6 heteroatoms. The lowest BCUT2D eigenvalue weighted by atomic mass is 10.2. The monoisotopic (exact) mass is 318 g/mol. The number of methoxy groups -OCH3 is 2. The van der Waals surface area contributed by atoms with Gasteiger partial charge in [0.25, 0.3) is 5.91 Å². The summed E-state index contributed by atoms with van der Waals surface area (Å²) in [6, 6.07) is 5.52. The maximum Gasteiger partial charge on any atom is 0.270 e. The highest BCUT2D eigenvalue weighted by Gasteiger charge is 2.27. The fraction of sp³-hybridized carbons (Fsp3) is 0.471. The number of aromatic amines is 1. The second-order valence-electron chi connectivity index (χ2n) is 5.94. The summed E-state index contributed by atoms with van der Waals surface area (Å²) in [5, 5.41) is 0.888. The summed E-state index contributed by atoms with van der Waals surface area (Å²) in [7, 11) is 3.21. The van der Waals surface area contributed by atoms with Gasteiger partial charge in [0.1, 0.15) is 17.2 Å². The summed E-state index contributed by atoms with van der Waals surface area (Å²) < 4.78 is 16.3. The zero-order valence-electron chi connectivity index (χ0n) is 13.9. The Balaban J connectivity index is 1.95. The first-order valence-electron chi connectivity index (χ1n) is 7.71. The number of hydrogen-bond donors (Lipinski definition) is 1. The first-order valence-corrected chi connectivity index (χ1v) is 7.71. The Morgan fingerprint density at radius 3 is 2.48 bits per heavy atom. The van der Waals surface area contributed by atoms with Crippen LogP contribution in [0.3, 0.4) is 0 Å². The Kier molecular flexibility index (Phi) is 4.17. The molecule has 1 aromatic carbocycles. The lowest BCUT2D eigenvalue weighted by Gasteiger charge is -2.35. The average Bonchev–Trinajstić information content (AvgIpc) is 2.96. The molecule has 1 saturated heterocycles. The van der Waals surface area contributed by atoms with E-state index in [-0.39, 0.29) is 18.1 Å². The summed E-state index contributed by atoms with van der Waals surface area (Å²) in [5.41, 5.74) is 1.35. The lowest BCUT2D eigenvalue weighted by Crippen LogP contribution is -2.48. The molecule has 0 bridgehead atoms. The SMILES string of the molecule is COc1cc(OC)c2[nH]c(C(=O)N3C[C@@H](C)O[C@H](C)C3)cc2c1. The molecule has 124 valence electrons. The Bertz CT molecular complexity index is 715. The number of nitrogens with one attached hydrogen (secondary N) is 1. The van der Waals surface area contributed by atoms with Crippen molar-refractivity contribution >= 4 is 16.8 Å². The minimum atomic E-state index is -0.0239. The highest BCUT2D eigenvalue weighted by Crippen LogP contribution is 2.31. The number of morpholine rings is 1. The number of benzene rings is 1. The Labute approximate surface area is 135 Å². The summed E-state index contributed by atoms with van der Waals surface area (Å²) >= 11 is 0. The third-order valence-electron chi connectivity index (χ3n) is 4.06. The van der Waals surface area contributed by atoms with Crippen LogP contribution in [-0.2, 0) is 4.74 Å². The molecule has 1 fully saturated rings. The van der Waals surface area contributed by atoms with Gasteiger partial charge in [-0.05, 0) is 26.0 Å². The molecule has 3 rings (SSSR count). The molecule has 0 spiro atoms. The van der Waals surface area contributed by atoms with Gasteiger partial charge in [0.05, 0.1) is 31.9 Å². The van der Waals surface area contributed by atoms with Crippen LogP contribution in [0.5, 0.6) is 11.5 Å². The van der Waals surface area contributed by atoms with Gasteiger partial charge in [-0.15, -0.1) is 0 Å². The molecular formula is C17H22N2O4. The molecule has 0 saturated carbocycles. The van der Waals surface area contributed by atoms with Crippen molar-refractivity contribution < 1.29 is 19.0 Å². The molecule has 1 N–H and O–H groups in total. The van der Waals surface area contributed by atoms with E-state index in [1.165, 1.54) is 0 Å². The predicted molar refractivity (Wildman–Crippen MR) is 87.3 cm³/mol. The molecule has 6 nitrogen and oxygen atoms in total. The van der Waals surface area contributed by atoms with E-state index in [1.807, 2.05) is 30.9 Å². The van der Waals surface area contributed by atoms with Gasteiger partial charge >= 0.3 is 0 Å². The van der Waals surface area contributed by atoms with E-state index >= 15 is 0 Å². The van der Waals surface area contributed by atoms with E-state index in [1.54, 1.807) is 20.3 Å². The van der Waals surface area contributed by atoms with Gasteiger partial charge in [0.15, 0.2) is 0 Å². The van der Waals surface area contributed by atoms with E-state index in [0.29, 0.717) is 30.3 Å². The van der Waals surface area contributed by atoms with Crippen LogP contribution in [0.15, 0.2) is 18.2 Å². The molecule has 0 aliphatic carbocycles. The van der Waals surface area contributed by atoms with Crippen molar-refractivity contribution in [2.75, 3.05) is 27.3 Å². The third kappa shape index (κ3) is 2.99. The van der Waals surface area contributed by atoms with Crippen LogP contribution in [0, 0.1) is 0 Å². The smallest absolute Gasteiger partial charge is 0.270 e. The van der Waals surface area contributed by atoms with E-state index < -0.39 is 0 Å². The van der Waals surface area contributed by atoms with Crippen LogP contribution in [0.4, 0.5) is 0 Å². The maximum absolute atomic E-state index is 12.8. The van der Waals surface area contributed by atoms with Gasteiger partial charge in [0, 0.05) is 24.5 Å². The predicted octanol–water partition coefficient (Wildman–Crippen LogP) is 2.43. The van der Waals surface area contributed by atoms with Crippen molar-refractivity contribution in [3.63, 3.8) is 0 Å². The molecule has 1 aromatic heterocycles. The molecule has 2 aromatic rings. The number of fused-ring (bicyclic) bond motifs is 1. The van der Waals surface area contributed by atoms with Crippen LogP contribution in [-0.4, -0.2) is 55.3 Å². The summed E-state index contributed by atoms with van der Waals surface area (Å²) in [6.45, 7) is 5.15. The normalized spacial score (nSPS) is 21.5. The van der Waals surface area contributed by atoms with Crippen molar-refractivity contribution in [3.05, 3.63) is 23.9 Å².